The first-order valence-electron chi connectivity index (χ1n) is 7.41. The number of carbonyl (C=O) groups is 2. The molecule has 0 saturated carbocycles. The molecule has 6 nitrogen and oxygen atoms in total. The third-order valence-electron chi connectivity index (χ3n) is 3.08. The molecule has 1 amide bonds. The Morgan fingerprint density at radius 1 is 1.16 bits per heavy atom. The van der Waals surface area contributed by atoms with Gasteiger partial charge in [-0.05, 0) is 42.6 Å². The van der Waals surface area contributed by atoms with E-state index in [0.717, 1.165) is 10.6 Å². The van der Waals surface area contributed by atoms with Crippen molar-refractivity contribution in [2.24, 2.45) is 0 Å². The lowest BCUT2D eigenvalue weighted by Gasteiger charge is -2.05. The summed E-state index contributed by atoms with van der Waals surface area (Å²) < 4.78 is 9.64. The fourth-order valence-electron chi connectivity index (χ4n) is 1.96. The van der Waals surface area contributed by atoms with Gasteiger partial charge in [-0.1, -0.05) is 6.07 Å². The van der Waals surface area contributed by atoms with Gasteiger partial charge in [0.25, 0.3) is 5.91 Å². The Balaban J connectivity index is 1.62. The molecule has 0 unspecified atom stereocenters. The molecule has 0 fully saturated rings. The summed E-state index contributed by atoms with van der Waals surface area (Å²) in [5, 5.41) is 7.17. The number of nitrogens with one attached hydrogen (secondary N) is 1. The summed E-state index contributed by atoms with van der Waals surface area (Å²) in [5.74, 6) is 0.0268. The van der Waals surface area contributed by atoms with Crippen molar-refractivity contribution in [1.82, 2.24) is 4.98 Å². The molecule has 0 aliphatic carbocycles. The van der Waals surface area contributed by atoms with Crippen LogP contribution in [0.4, 0.5) is 9.93 Å². The first-order chi connectivity index (χ1) is 12.2. The van der Waals surface area contributed by atoms with Crippen molar-refractivity contribution in [3.63, 3.8) is 0 Å². The van der Waals surface area contributed by atoms with Crippen LogP contribution in [0.3, 0.4) is 0 Å². The first-order valence-corrected chi connectivity index (χ1v) is 9.17. The molecular formula is C17H14N2O4S2. The average molecular weight is 374 g/mol. The van der Waals surface area contributed by atoms with Crippen molar-refractivity contribution in [3.8, 4) is 16.3 Å². The number of nitrogens with zero attached hydrogens (tertiary/aromatic N) is 1. The number of hydrogen-bond donors (Lipinski definition) is 1. The minimum Gasteiger partial charge on any atom is -0.434 e. The van der Waals surface area contributed by atoms with Gasteiger partial charge in [0, 0.05) is 10.9 Å². The Morgan fingerprint density at radius 2 is 1.96 bits per heavy atom. The van der Waals surface area contributed by atoms with Crippen LogP contribution in [0.15, 0.2) is 47.2 Å². The number of rotatable bonds is 5. The molecular weight excluding hydrogens is 360 g/mol. The molecule has 1 N–H and O–H groups in total. The zero-order chi connectivity index (χ0) is 17.6. The second-order valence-corrected chi connectivity index (χ2v) is 6.58. The van der Waals surface area contributed by atoms with Gasteiger partial charge >= 0.3 is 6.16 Å². The van der Waals surface area contributed by atoms with Gasteiger partial charge in [0.1, 0.15) is 5.75 Å². The normalized spacial score (nSPS) is 10.3. The topological polar surface area (TPSA) is 77.5 Å². The van der Waals surface area contributed by atoms with E-state index in [1.165, 1.54) is 23.5 Å². The summed E-state index contributed by atoms with van der Waals surface area (Å²) in [6.45, 7) is 1.93. The highest BCUT2D eigenvalue weighted by Gasteiger charge is 2.11. The number of carbonyl (C=O) groups excluding carboxylic acids is 2. The van der Waals surface area contributed by atoms with Gasteiger partial charge in [0.15, 0.2) is 5.13 Å². The third kappa shape index (κ3) is 4.43. The number of thiazole rings is 1. The molecule has 0 aliphatic heterocycles. The zero-order valence-electron chi connectivity index (χ0n) is 13.2. The van der Waals surface area contributed by atoms with E-state index in [1.54, 1.807) is 30.4 Å². The molecule has 1 aromatic carbocycles. The summed E-state index contributed by atoms with van der Waals surface area (Å²) in [4.78, 5) is 29.0. The Labute approximate surface area is 152 Å². The van der Waals surface area contributed by atoms with Crippen molar-refractivity contribution >= 4 is 39.9 Å². The van der Waals surface area contributed by atoms with E-state index in [9.17, 15) is 9.59 Å². The zero-order valence-corrected chi connectivity index (χ0v) is 14.9. The van der Waals surface area contributed by atoms with Crippen molar-refractivity contribution in [3.05, 3.63) is 52.7 Å². The lowest BCUT2D eigenvalue weighted by molar-refractivity contribution is 0.102. The fourth-order valence-corrected chi connectivity index (χ4v) is 3.42. The van der Waals surface area contributed by atoms with Crippen molar-refractivity contribution < 1.29 is 19.1 Å². The van der Waals surface area contributed by atoms with E-state index in [4.69, 9.17) is 4.74 Å². The molecule has 128 valence electrons. The highest BCUT2D eigenvalue weighted by molar-refractivity contribution is 7.16. The third-order valence-corrected chi connectivity index (χ3v) is 4.73. The minimum absolute atomic E-state index is 0.237. The van der Waals surface area contributed by atoms with Gasteiger partial charge in [-0.25, -0.2) is 9.78 Å². The average Bonchev–Trinajstić information content (AvgIpc) is 3.27. The Hall–Kier alpha value is -2.71. The fraction of sp³-hybridized carbons (Fsp3) is 0.118. The van der Waals surface area contributed by atoms with Gasteiger partial charge in [-0.3, -0.25) is 10.1 Å². The van der Waals surface area contributed by atoms with E-state index in [1.807, 2.05) is 22.9 Å². The molecule has 25 heavy (non-hydrogen) atoms. The van der Waals surface area contributed by atoms with E-state index < -0.39 is 6.16 Å². The van der Waals surface area contributed by atoms with Crippen LogP contribution < -0.4 is 10.1 Å². The van der Waals surface area contributed by atoms with Gasteiger partial charge < -0.3 is 9.47 Å². The van der Waals surface area contributed by atoms with E-state index >= 15 is 0 Å². The minimum atomic E-state index is -0.774. The summed E-state index contributed by atoms with van der Waals surface area (Å²) in [6.07, 6.45) is -0.774. The number of benzene rings is 1. The first kappa shape index (κ1) is 17.1. The number of hydrogen-bond acceptors (Lipinski definition) is 7. The van der Waals surface area contributed by atoms with E-state index in [2.05, 4.69) is 15.0 Å². The van der Waals surface area contributed by atoms with Gasteiger partial charge in [-0.2, -0.15) is 0 Å². The van der Waals surface area contributed by atoms with Crippen LogP contribution in [0.25, 0.3) is 10.6 Å². The van der Waals surface area contributed by atoms with Crippen LogP contribution in [-0.2, 0) is 4.74 Å². The summed E-state index contributed by atoms with van der Waals surface area (Å²) >= 11 is 2.96. The van der Waals surface area contributed by atoms with Crippen LogP contribution in [0.5, 0.6) is 5.75 Å². The lowest BCUT2D eigenvalue weighted by Crippen LogP contribution is -2.12. The predicted octanol–water partition coefficient (Wildman–Crippen LogP) is 4.66. The molecule has 3 aromatic rings. The molecule has 0 radical (unpaired) electrons. The number of aromatic nitrogens is 1. The number of anilines is 1. The van der Waals surface area contributed by atoms with Crippen LogP contribution in [-0.4, -0.2) is 23.7 Å². The Morgan fingerprint density at radius 3 is 2.64 bits per heavy atom. The van der Waals surface area contributed by atoms with Crippen LogP contribution >= 0.6 is 22.7 Å². The standard InChI is InChI=1S/C17H14N2O4S2/c1-2-22-17(21)23-12-7-5-11(6-8-12)15(20)19-16-18-13(10-25-16)14-4-3-9-24-14/h3-10H,2H2,1H3,(H,18,19,20). The lowest BCUT2D eigenvalue weighted by atomic mass is 10.2. The van der Waals surface area contributed by atoms with Crippen LogP contribution in [0.1, 0.15) is 17.3 Å². The van der Waals surface area contributed by atoms with Gasteiger partial charge in [-0.15, -0.1) is 22.7 Å². The maximum atomic E-state index is 12.3. The number of amides is 1. The monoisotopic (exact) mass is 374 g/mol. The SMILES string of the molecule is CCOC(=O)Oc1ccc(C(=O)Nc2nc(-c3cccs3)cs2)cc1. The summed E-state index contributed by atoms with van der Waals surface area (Å²) in [7, 11) is 0. The Kier molecular flexibility index (Phi) is 5.42. The number of thiophene rings is 1. The highest BCUT2D eigenvalue weighted by Crippen LogP contribution is 2.28. The molecule has 0 atom stereocenters. The molecule has 0 saturated heterocycles. The molecule has 0 bridgehead atoms. The van der Waals surface area contributed by atoms with Crippen LogP contribution in [0.2, 0.25) is 0 Å². The van der Waals surface area contributed by atoms with Crippen molar-refractivity contribution in [1.29, 1.82) is 0 Å². The van der Waals surface area contributed by atoms with Gasteiger partial charge in [0.05, 0.1) is 17.2 Å². The maximum Gasteiger partial charge on any atom is 0.513 e. The highest BCUT2D eigenvalue weighted by atomic mass is 32.1. The van der Waals surface area contributed by atoms with E-state index in [0.29, 0.717) is 16.4 Å². The molecule has 0 spiro atoms. The molecule has 2 aromatic heterocycles. The largest absolute Gasteiger partial charge is 0.513 e. The second kappa shape index (κ2) is 7.91. The van der Waals surface area contributed by atoms with Crippen molar-refractivity contribution in [2.75, 3.05) is 11.9 Å². The van der Waals surface area contributed by atoms with Crippen LogP contribution in [0, 0.1) is 0 Å². The number of ether oxygens (including phenoxy) is 2. The quantitative estimate of drug-likeness (QED) is 0.519. The Bertz CT molecular complexity index is 857. The van der Waals surface area contributed by atoms with Crippen molar-refractivity contribution in [2.45, 2.75) is 6.92 Å². The predicted molar refractivity (Wildman–Crippen MR) is 97.5 cm³/mol. The maximum absolute atomic E-state index is 12.3. The molecule has 0 aliphatic rings. The van der Waals surface area contributed by atoms with E-state index in [-0.39, 0.29) is 12.5 Å². The molecule has 8 heteroatoms. The summed E-state index contributed by atoms with van der Waals surface area (Å²) in [5.41, 5.74) is 1.28. The molecule has 3 rings (SSSR count). The smallest absolute Gasteiger partial charge is 0.434 e. The molecule has 2 heterocycles. The summed E-state index contributed by atoms with van der Waals surface area (Å²) in [6, 6.07) is 10.1. The van der Waals surface area contributed by atoms with Gasteiger partial charge in [0.2, 0.25) is 0 Å². The second-order valence-electron chi connectivity index (χ2n) is 4.78.